The predicted octanol–water partition coefficient (Wildman–Crippen LogP) is 1.63. The molecule has 1 aliphatic heterocycles. The summed E-state index contributed by atoms with van der Waals surface area (Å²) < 4.78 is 0. The molecule has 1 aliphatic rings. The largest absolute Gasteiger partial charge is 0.394 e. The van der Waals surface area contributed by atoms with Crippen LogP contribution in [0.1, 0.15) is 12.8 Å². The average molecular weight is 241 g/mol. The van der Waals surface area contributed by atoms with Gasteiger partial charge in [0.15, 0.2) is 0 Å². The lowest BCUT2D eigenvalue weighted by Gasteiger charge is -2.39. The second-order valence-electron chi connectivity index (χ2n) is 4.46. The summed E-state index contributed by atoms with van der Waals surface area (Å²) in [5, 5.41) is 9.97. The monoisotopic (exact) mass is 240 g/mol. The number of aliphatic hydroxyl groups excluding tert-OH is 1. The smallest absolute Gasteiger partial charge is 0.0639 e. The van der Waals surface area contributed by atoms with Gasteiger partial charge in [-0.1, -0.05) is 23.7 Å². The molecule has 1 fully saturated rings. The molecule has 0 spiro atoms. The molecule has 2 rings (SSSR count). The van der Waals surface area contributed by atoms with Gasteiger partial charge in [0, 0.05) is 18.6 Å². The first-order valence-corrected chi connectivity index (χ1v) is 5.92. The molecule has 4 heteroatoms. The molecule has 0 aliphatic carbocycles. The SMILES string of the molecule is NC1(CO)CCN(c2ccccc2Cl)CC1. The Bertz CT molecular complexity index is 362. The maximum atomic E-state index is 9.19. The zero-order chi connectivity index (χ0) is 11.6. The minimum atomic E-state index is -0.405. The van der Waals surface area contributed by atoms with Crippen molar-refractivity contribution >= 4 is 17.3 Å². The lowest BCUT2D eigenvalue weighted by atomic mass is 9.89. The second kappa shape index (κ2) is 4.62. The van der Waals surface area contributed by atoms with Crippen molar-refractivity contribution in [3.05, 3.63) is 29.3 Å². The minimum Gasteiger partial charge on any atom is -0.394 e. The highest BCUT2D eigenvalue weighted by Crippen LogP contribution is 2.29. The van der Waals surface area contributed by atoms with Gasteiger partial charge in [0.1, 0.15) is 0 Å². The third-order valence-corrected chi connectivity index (χ3v) is 3.59. The highest BCUT2D eigenvalue weighted by Gasteiger charge is 2.30. The molecule has 1 aromatic rings. The number of para-hydroxylation sites is 1. The second-order valence-corrected chi connectivity index (χ2v) is 4.87. The van der Waals surface area contributed by atoms with Crippen LogP contribution >= 0.6 is 11.6 Å². The Morgan fingerprint density at radius 2 is 1.94 bits per heavy atom. The molecule has 16 heavy (non-hydrogen) atoms. The number of nitrogens with two attached hydrogens (primary N) is 1. The fourth-order valence-electron chi connectivity index (χ4n) is 2.06. The highest BCUT2D eigenvalue weighted by atomic mass is 35.5. The van der Waals surface area contributed by atoms with Gasteiger partial charge in [-0.2, -0.15) is 0 Å². The number of benzene rings is 1. The number of aliphatic hydroxyl groups is 1. The van der Waals surface area contributed by atoms with Crippen molar-refractivity contribution in [1.29, 1.82) is 0 Å². The quantitative estimate of drug-likeness (QED) is 0.826. The first-order valence-electron chi connectivity index (χ1n) is 5.54. The van der Waals surface area contributed by atoms with Gasteiger partial charge in [0.05, 0.1) is 17.3 Å². The number of hydrogen-bond donors (Lipinski definition) is 2. The molecule has 0 unspecified atom stereocenters. The molecule has 0 bridgehead atoms. The normalized spacial score (nSPS) is 19.8. The maximum Gasteiger partial charge on any atom is 0.0639 e. The minimum absolute atomic E-state index is 0.0589. The van der Waals surface area contributed by atoms with Crippen LogP contribution in [0, 0.1) is 0 Å². The number of hydrogen-bond acceptors (Lipinski definition) is 3. The van der Waals surface area contributed by atoms with Gasteiger partial charge in [-0.15, -0.1) is 0 Å². The predicted molar refractivity (Wildman–Crippen MR) is 66.9 cm³/mol. The Kier molecular flexibility index (Phi) is 3.38. The summed E-state index contributed by atoms with van der Waals surface area (Å²) >= 11 is 6.14. The van der Waals surface area contributed by atoms with E-state index in [-0.39, 0.29) is 6.61 Å². The van der Waals surface area contributed by atoms with Gasteiger partial charge in [0.2, 0.25) is 0 Å². The Morgan fingerprint density at radius 1 is 1.31 bits per heavy atom. The van der Waals surface area contributed by atoms with Crippen LogP contribution in [0.25, 0.3) is 0 Å². The summed E-state index contributed by atoms with van der Waals surface area (Å²) in [6.07, 6.45) is 1.60. The molecule has 1 aromatic carbocycles. The van der Waals surface area contributed by atoms with Crippen molar-refractivity contribution in [3.8, 4) is 0 Å². The van der Waals surface area contributed by atoms with Crippen molar-refractivity contribution in [2.45, 2.75) is 18.4 Å². The summed E-state index contributed by atoms with van der Waals surface area (Å²) in [6.45, 7) is 1.75. The van der Waals surface area contributed by atoms with E-state index in [0.717, 1.165) is 36.6 Å². The maximum absolute atomic E-state index is 9.19. The molecular weight excluding hydrogens is 224 g/mol. The standard InChI is InChI=1S/C12H17ClN2O/c13-10-3-1-2-4-11(10)15-7-5-12(14,9-16)6-8-15/h1-4,16H,5-9,14H2. The van der Waals surface area contributed by atoms with E-state index in [1.807, 2.05) is 24.3 Å². The number of rotatable bonds is 2. The number of piperidine rings is 1. The highest BCUT2D eigenvalue weighted by molar-refractivity contribution is 6.33. The van der Waals surface area contributed by atoms with Gasteiger partial charge in [-0.25, -0.2) is 0 Å². The number of anilines is 1. The fourth-order valence-corrected chi connectivity index (χ4v) is 2.31. The zero-order valence-electron chi connectivity index (χ0n) is 9.19. The van der Waals surface area contributed by atoms with Crippen LogP contribution in [0.3, 0.4) is 0 Å². The lowest BCUT2D eigenvalue weighted by molar-refractivity contribution is 0.170. The van der Waals surface area contributed by atoms with E-state index in [1.54, 1.807) is 0 Å². The molecule has 0 saturated carbocycles. The lowest BCUT2D eigenvalue weighted by Crippen LogP contribution is -2.52. The molecular formula is C12H17ClN2O. The molecule has 0 aromatic heterocycles. The Balaban J connectivity index is 2.07. The molecule has 3 N–H and O–H groups in total. The van der Waals surface area contributed by atoms with E-state index in [2.05, 4.69) is 4.90 Å². The van der Waals surface area contributed by atoms with E-state index in [1.165, 1.54) is 0 Å². The van der Waals surface area contributed by atoms with Crippen LogP contribution in [0.4, 0.5) is 5.69 Å². The van der Waals surface area contributed by atoms with Crippen molar-refractivity contribution < 1.29 is 5.11 Å². The van der Waals surface area contributed by atoms with Crippen LogP contribution in [0.2, 0.25) is 5.02 Å². The van der Waals surface area contributed by atoms with Crippen LogP contribution < -0.4 is 10.6 Å². The van der Waals surface area contributed by atoms with E-state index in [0.29, 0.717) is 0 Å². The number of nitrogens with zero attached hydrogens (tertiary/aromatic N) is 1. The molecule has 1 saturated heterocycles. The Hall–Kier alpha value is -0.770. The van der Waals surface area contributed by atoms with Crippen LogP contribution in [-0.4, -0.2) is 30.3 Å². The van der Waals surface area contributed by atoms with Crippen molar-refractivity contribution in [3.63, 3.8) is 0 Å². The third-order valence-electron chi connectivity index (χ3n) is 3.27. The Morgan fingerprint density at radius 3 is 2.50 bits per heavy atom. The van der Waals surface area contributed by atoms with Crippen molar-refractivity contribution in [1.82, 2.24) is 0 Å². The molecule has 1 heterocycles. The third kappa shape index (κ3) is 2.32. The van der Waals surface area contributed by atoms with Crippen molar-refractivity contribution in [2.75, 3.05) is 24.6 Å². The number of halogens is 1. The molecule has 0 radical (unpaired) electrons. The Labute approximate surface area is 101 Å². The summed E-state index contributed by atoms with van der Waals surface area (Å²) in [4.78, 5) is 2.23. The van der Waals surface area contributed by atoms with E-state index >= 15 is 0 Å². The summed E-state index contributed by atoms with van der Waals surface area (Å²) in [5.41, 5.74) is 6.68. The van der Waals surface area contributed by atoms with Gasteiger partial charge in [-0.3, -0.25) is 0 Å². The average Bonchev–Trinajstić information content (AvgIpc) is 2.31. The summed E-state index contributed by atoms with van der Waals surface area (Å²) in [5.74, 6) is 0. The van der Waals surface area contributed by atoms with Gasteiger partial charge in [-0.05, 0) is 25.0 Å². The molecule has 3 nitrogen and oxygen atoms in total. The van der Waals surface area contributed by atoms with E-state index in [9.17, 15) is 5.11 Å². The van der Waals surface area contributed by atoms with Crippen LogP contribution in [0.5, 0.6) is 0 Å². The van der Waals surface area contributed by atoms with Gasteiger partial charge >= 0.3 is 0 Å². The van der Waals surface area contributed by atoms with Crippen LogP contribution in [-0.2, 0) is 0 Å². The first kappa shape index (κ1) is 11.7. The van der Waals surface area contributed by atoms with E-state index < -0.39 is 5.54 Å². The molecule has 0 atom stereocenters. The van der Waals surface area contributed by atoms with Gasteiger partial charge < -0.3 is 15.7 Å². The molecule has 88 valence electrons. The molecule has 0 amide bonds. The van der Waals surface area contributed by atoms with Crippen molar-refractivity contribution in [2.24, 2.45) is 5.73 Å². The summed E-state index contributed by atoms with van der Waals surface area (Å²) in [7, 11) is 0. The fraction of sp³-hybridized carbons (Fsp3) is 0.500. The topological polar surface area (TPSA) is 49.5 Å². The van der Waals surface area contributed by atoms with Gasteiger partial charge in [0.25, 0.3) is 0 Å². The summed E-state index contributed by atoms with van der Waals surface area (Å²) in [6, 6.07) is 7.83. The van der Waals surface area contributed by atoms with E-state index in [4.69, 9.17) is 17.3 Å². The van der Waals surface area contributed by atoms with Crippen LogP contribution in [0.15, 0.2) is 24.3 Å². The first-order chi connectivity index (χ1) is 7.64. The zero-order valence-corrected chi connectivity index (χ0v) is 9.95.